The molecule has 0 saturated heterocycles. The molecule has 0 heterocycles. The third-order valence-corrected chi connectivity index (χ3v) is 3.05. The minimum absolute atomic E-state index is 0.116. The minimum atomic E-state index is 0.116. The molecule has 1 heteroatoms. The molecule has 0 fully saturated rings. The molecule has 0 bridgehead atoms. The van der Waals surface area contributed by atoms with Crippen LogP contribution in [0.3, 0.4) is 0 Å². The molecule has 1 rings (SSSR count). The molecule has 0 aromatic heterocycles. The summed E-state index contributed by atoms with van der Waals surface area (Å²) in [6, 6.07) is 7.87. The van der Waals surface area contributed by atoms with Crippen LogP contribution in [0.15, 0.2) is 48.1 Å². The molecule has 1 nitrogen and oxygen atoms in total. The van der Waals surface area contributed by atoms with Gasteiger partial charge in [-0.2, -0.15) is 0 Å². The van der Waals surface area contributed by atoms with Crippen molar-refractivity contribution < 1.29 is 4.79 Å². The molecule has 0 saturated carbocycles. The predicted molar refractivity (Wildman–Crippen MR) is 73.4 cm³/mol. The lowest BCUT2D eigenvalue weighted by Gasteiger charge is -2.12. The lowest BCUT2D eigenvalue weighted by molar-refractivity contribution is 0.101. The second-order valence-electron chi connectivity index (χ2n) is 4.34. The van der Waals surface area contributed by atoms with Crippen LogP contribution in [0.1, 0.15) is 49.5 Å². The van der Waals surface area contributed by atoms with E-state index < -0.39 is 0 Å². The summed E-state index contributed by atoms with van der Waals surface area (Å²) < 4.78 is 0. The molecular formula is C16H20O. The van der Waals surface area contributed by atoms with Crippen LogP contribution in [0, 0.1) is 0 Å². The third-order valence-electron chi connectivity index (χ3n) is 3.05. The van der Waals surface area contributed by atoms with Gasteiger partial charge in [-0.05, 0) is 26.3 Å². The van der Waals surface area contributed by atoms with Gasteiger partial charge in [-0.15, -0.1) is 0 Å². The minimum Gasteiger partial charge on any atom is -0.295 e. The molecule has 0 aliphatic carbocycles. The molecule has 0 aliphatic rings. The smallest absolute Gasteiger partial charge is 0.159 e. The van der Waals surface area contributed by atoms with Crippen LogP contribution in [-0.4, -0.2) is 5.78 Å². The zero-order valence-corrected chi connectivity index (χ0v) is 11.0. The highest BCUT2D eigenvalue weighted by molar-refractivity contribution is 5.94. The van der Waals surface area contributed by atoms with Gasteiger partial charge in [0.25, 0.3) is 0 Å². The van der Waals surface area contributed by atoms with Gasteiger partial charge in [0.15, 0.2) is 5.78 Å². The van der Waals surface area contributed by atoms with Crippen LogP contribution >= 0.6 is 0 Å². The summed E-state index contributed by atoms with van der Waals surface area (Å²) >= 11 is 0. The second-order valence-corrected chi connectivity index (χ2v) is 4.34. The molecule has 17 heavy (non-hydrogen) atoms. The number of carbonyl (C=O) groups excluding carboxylic acids is 1. The van der Waals surface area contributed by atoms with Gasteiger partial charge >= 0.3 is 0 Å². The highest BCUT2D eigenvalue weighted by Gasteiger charge is 2.07. The number of allylic oxidation sites excluding steroid dienone is 4. The van der Waals surface area contributed by atoms with Gasteiger partial charge in [0, 0.05) is 11.5 Å². The molecule has 1 unspecified atom stereocenters. The number of ketones is 1. The Morgan fingerprint density at radius 3 is 2.24 bits per heavy atom. The van der Waals surface area contributed by atoms with Crippen molar-refractivity contribution in [3.8, 4) is 0 Å². The van der Waals surface area contributed by atoms with Gasteiger partial charge in [0.2, 0.25) is 0 Å². The van der Waals surface area contributed by atoms with Gasteiger partial charge in [0.1, 0.15) is 0 Å². The van der Waals surface area contributed by atoms with Crippen LogP contribution in [0.2, 0.25) is 0 Å². The summed E-state index contributed by atoms with van der Waals surface area (Å²) in [5.74, 6) is 0.498. The van der Waals surface area contributed by atoms with Crippen LogP contribution in [-0.2, 0) is 0 Å². The van der Waals surface area contributed by atoms with E-state index in [1.807, 2.05) is 37.3 Å². The number of hydrogen-bond acceptors (Lipinski definition) is 1. The Morgan fingerprint density at radius 1 is 1.18 bits per heavy atom. The third kappa shape index (κ3) is 3.70. The fraction of sp³-hybridized carbons (Fsp3) is 0.312. The van der Waals surface area contributed by atoms with Crippen molar-refractivity contribution in [2.24, 2.45) is 0 Å². The number of Topliss-reactive ketones (excluding diaryl/α,β-unsaturated/α-hetero) is 1. The fourth-order valence-electron chi connectivity index (χ4n) is 1.66. The SMILES string of the molecule is C/C=C\C=C(/C)C(C)c1ccc(C(C)=O)cc1. The van der Waals surface area contributed by atoms with Crippen LogP contribution in [0.4, 0.5) is 0 Å². The molecular weight excluding hydrogens is 208 g/mol. The van der Waals surface area contributed by atoms with E-state index in [0.717, 1.165) is 5.56 Å². The molecule has 0 N–H and O–H groups in total. The standard InChI is InChI=1S/C16H20O/c1-5-6-7-12(2)13(3)15-8-10-16(11-9-15)14(4)17/h5-11,13H,1-4H3/b6-5-,12-7+. The van der Waals surface area contributed by atoms with Crippen LogP contribution < -0.4 is 0 Å². The van der Waals surface area contributed by atoms with Crippen LogP contribution in [0.25, 0.3) is 0 Å². The Bertz CT molecular complexity index is 435. The molecule has 0 radical (unpaired) electrons. The first kappa shape index (κ1) is 13.4. The van der Waals surface area contributed by atoms with Crippen molar-refractivity contribution in [2.45, 2.75) is 33.6 Å². The van der Waals surface area contributed by atoms with Gasteiger partial charge < -0.3 is 0 Å². The first-order valence-electron chi connectivity index (χ1n) is 5.96. The molecule has 0 amide bonds. The van der Waals surface area contributed by atoms with Crippen LogP contribution in [0.5, 0.6) is 0 Å². The Hall–Kier alpha value is -1.63. The van der Waals surface area contributed by atoms with Gasteiger partial charge in [0.05, 0.1) is 0 Å². The second kappa shape index (κ2) is 6.19. The van der Waals surface area contributed by atoms with Crippen molar-refractivity contribution in [3.63, 3.8) is 0 Å². The van der Waals surface area contributed by atoms with E-state index in [4.69, 9.17) is 0 Å². The van der Waals surface area contributed by atoms with Crippen molar-refractivity contribution in [3.05, 3.63) is 59.2 Å². The molecule has 1 aromatic rings. The Labute approximate surface area is 104 Å². The lowest BCUT2D eigenvalue weighted by atomic mass is 9.92. The van der Waals surface area contributed by atoms with E-state index in [1.165, 1.54) is 11.1 Å². The average Bonchev–Trinajstić information content (AvgIpc) is 2.35. The maximum absolute atomic E-state index is 11.2. The highest BCUT2D eigenvalue weighted by atomic mass is 16.1. The summed E-state index contributed by atoms with van der Waals surface area (Å²) in [5, 5.41) is 0. The maximum Gasteiger partial charge on any atom is 0.159 e. The summed E-state index contributed by atoms with van der Waals surface area (Å²) in [6.07, 6.45) is 6.20. The highest BCUT2D eigenvalue weighted by Crippen LogP contribution is 2.23. The number of rotatable bonds is 4. The van der Waals surface area contributed by atoms with Crippen molar-refractivity contribution in [1.29, 1.82) is 0 Å². The fourth-order valence-corrected chi connectivity index (χ4v) is 1.66. The van der Waals surface area contributed by atoms with E-state index in [9.17, 15) is 4.79 Å². The van der Waals surface area contributed by atoms with Gasteiger partial charge in [-0.25, -0.2) is 0 Å². The Kier molecular flexibility index (Phi) is 4.89. The quantitative estimate of drug-likeness (QED) is 0.547. The van der Waals surface area contributed by atoms with Gasteiger partial charge in [-0.3, -0.25) is 4.79 Å². The average molecular weight is 228 g/mol. The maximum atomic E-state index is 11.2. The van der Waals surface area contributed by atoms with E-state index in [-0.39, 0.29) is 5.78 Å². The lowest BCUT2D eigenvalue weighted by Crippen LogP contribution is -1.97. The van der Waals surface area contributed by atoms with Crippen molar-refractivity contribution in [1.82, 2.24) is 0 Å². The topological polar surface area (TPSA) is 17.1 Å². The summed E-state index contributed by atoms with van der Waals surface area (Å²) in [6.45, 7) is 7.91. The number of carbonyl (C=O) groups is 1. The normalized spacial score (nSPS) is 14.0. The van der Waals surface area contributed by atoms with Crippen molar-refractivity contribution in [2.75, 3.05) is 0 Å². The largest absolute Gasteiger partial charge is 0.295 e. The predicted octanol–water partition coefficient (Wildman–Crippen LogP) is 4.52. The molecule has 0 aliphatic heterocycles. The van der Waals surface area contributed by atoms with E-state index in [0.29, 0.717) is 5.92 Å². The van der Waals surface area contributed by atoms with Gasteiger partial charge in [-0.1, -0.05) is 55.0 Å². The Balaban J connectivity index is 2.90. The van der Waals surface area contributed by atoms with E-state index >= 15 is 0 Å². The number of benzene rings is 1. The summed E-state index contributed by atoms with van der Waals surface area (Å²) in [7, 11) is 0. The Morgan fingerprint density at radius 2 is 1.76 bits per heavy atom. The summed E-state index contributed by atoms with van der Waals surface area (Å²) in [4.78, 5) is 11.2. The first-order valence-corrected chi connectivity index (χ1v) is 5.96. The van der Waals surface area contributed by atoms with E-state index in [1.54, 1.807) is 6.92 Å². The number of hydrogen-bond donors (Lipinski definition) is 0. The first-order chi connectivity index (χ1) is 8.06. The zero-order valence-electron chi connectivity index (χ0n) is 11.0. The molecule has 1 aromatic carbocycles. The summed E-state index contributed by atoms with van der Waals surface area (Å²) in [5.41, 5.74) is 3.34. The zero-order chi connectivity index (χ0) is 12.8. The molecule has 1 atom stereocenters. The molecule has 0 spiro atoms. The monoisotopic (exact) mass is 228 g/mol. The van der Waals surface area contributed by atoms with Crippen molar-refractivity contribution >= 4 is 5.78 Å². The van der Waals surface area contributed by atoms with E-state index in [2.05, 4.69) is 26.0 Å². The molecule has 90 valence electrons.